The molecule has 0 N–H and O–H groups in total. The topological polar surface area (TPSA) is 93.9 Å². The molecule has 0 aliphatic heterocycles. The zero-order valence-electron chi connectivity index (χ0n) is 6.72. The van der Waals surface area contributed by atoms with Crippen molar-refractivity contribution in [1.82, 2.24) is 0 Å². The quantitative estimate of drug-likeness (QED) is 0.270. The van der Waals surface area contributed by atoms with Crippen LogP contribution in [0.3, 0.4) is 0 Å². The summed E-state index contributed by atoms with van der Waals surface area (Å²) in [6, 6.07) is 3.64. The van der Waals surface area contributed by atoms with Crippen molar-refractivity contribution in [2.45, 2.75) is 6.92 Å². The summed E-state index contributed by atoms with van der Waals surface area (Å²) in [5, 5.41) is 29.8. The summed E-state index contributed by atoms with van der Waals surface area (Å²) in [4.78, 5) is 9.67. The molecular weight excluding hydrogens is 174 g/mol. The van der Waals surface area contributed by atoms with Crippen molar-refractivity contribution in [3.63, 3.8) is 0 Å². The fraction of sp³-hybridized carbons (Fsp3) is 0.143. The van der Waals surface area contributed by atoms with Gasteiger partial charge in [-0.15, -0.1) is 0 Å². The maximum atomic E-state index is 11.0. The highest BCUT2D eigenvalue weighted by Gasteiger charge is 2.16. The molecule has 0 aliphatic rings. The molecule has 0 unspecified atom stereocenters. The van der Waals surface area contributed by atoms with E-state index in [2.05, 4.69) is 0 Å². The number of hydrogen-bond acceptors (Lipinski definition) is 4. The average Bonchev–Trinajstić information content (AvgIpc) is 2.09. The molecule has 0 saturated heterocycles. The first-order valence-electron chi connectivity index (χ1n) is 3.35. The van der Waals surface area contributed by atoms with Gasteiger partial charge < -0.3 is 5.21 Å². The fourth-order valence-corrected chi connectivity index (χ4v) is 0.886. The number of nitrogens with zero attached hydrogens (tertiary/aromatic N) is 3. The predicted molar refractivity (Wildman–Crippen MR) is 41.5 cm³/mol. The zero-order valence-corrected chi connectivity index (χ0v) is 6.72. The van der Waals surface area contributed by atoms with Crippen molar-refractivity contribution in [1.29, 1.82) is 5.26 Å². The van der Waals surface area contributed by atoms with Crippen molar-refractivity contribution in [2.24, 2.45) is 0 Å². The SMILES string of the molecule is Cc1cc([N+](=O)[O-])cc(C#N)[n+]1[O-]. The minimum atomic E-state index is -0.645. The molecule has 0 bridgehead atoms. The Morgan fingerprint density at radius 1 is 1.62 bits per heavy atom. The van der Waals surface area contributed by atoms with Gasteiger partial charge >= 0.3 is 5.69 Å². The predicted octanol–water partition coefficient (Wildman–Crippen LogP) is 0.408. The Morgan fingerprint density at radius 3 is 2.69 bits per heavy atom. The monoisotopic (exact) mass is 179 g/mol. The molecule has 0 atom stereocenters. The third-order valence-electron chi connectivity index (χ3n) is 1.51. The third kappa shape index (κ3) is 1.54. The number of aryl methyl sites for hydroxylation is 1. The number of nitro groups is 1. The molecule has 0 spiro atoms. The molecule has 0 fully saturated rings. The van der Waals surface area contributed by atoms with Crippen LogP contribution in [0.2, 0.25) is 0 Å². The van der Waals surface area contributed by atoms with Crippen molar-refractivity contribution < 1.29 is 9.65 Å². The summed E-state index contributed by atoms with van der Waals surface area (Å²) in [6.45, 7) is 1.40. The molecule has 1 rings (SSSR count). The van der Waals surface area contributed by atoms with E-state index in [1.165, 1.54) is 6.92 Å². The Balaban J connectivity index is 3.41. The van der Waals surface area contributed by atoms with Crippen LogP contribution < -0.4 is 4.73 Å². The summed E-state index contributed by atoms with van der Waals surface area (Å²) >= 11 is 0. The van der Waals surface area contributed by atoms with Crippen LogP contribution in [-0.2, 0) is 0 Å². The summed E-state index contributed by atoms with van der Waals surface area (Å²) < 4.78 is 0.354. The van der Waals surface area contributed by atoms with Gasteiger partial charge in [0.25, 0.3) is 5.69 Å². The Labute approximate surface area is 73.4 Å². The maximum Gasteiger partial charge on any atom is 0.301 e. The second-order valence-electron chi connectivity index (χ2n) is 2.40. The van der Waals surface area contributed by atoms with Crippen LogP contribution >= 0.6 is 0 Å². The summed E-state index contributed by atoms with van der Waals surface area (Å²) in [6.07, 6.45) is 0. The van der Waals surface area contributed by atoms with Gasteiger partial charge in [0.15, 0.2) is 11.8 Å². The van der Waals surface area contributed by atoms with Crippen molar-refractivity contribution in [3.05, 3.63) is 38.8 Å². The molecule has 1 aromatic heterocycles. The number of nitriles is 1. The van der Waals surface area contributed by atoms with E-state index in [-0.39, 0.29) is 17.1 Å². The van der Waals surface area contributed by atoms with Crippen molar-refractivity contribution in [3.8, 4) is 6.07 Å². The van der Waals surface area contributed by atoms with Crippen LogP contribution in [0, 0.1) is 33.6 Å². The molecule has 6 nitrogen and oxygen atoms in total. The molecule has 13 heavy (non-hydrogen) atoms. The first-order chi connectivity index (χ1) is 6.06. The van der Waals surface area contributed by atoms with Gasteiger partial charge in [-0.2, -0.15) is 9.99 Å². The lowest BCUT2D eigenvalue weighted by Gasteiger charge is -2.00. The number of pyridine rings is 1. The van der Waals surface area contributed by atoms with Gasteiger partial charge in [-0.1, -0.05) is 0 Å². The van der Waals surface area contributed by atoms with Crippen LogP contribution in [0.25, 0.3) is 0 Å². The van der Waals surface area contributed by atoms with E-state index in [1.54, 1.807) is 6.07 Å². The van der Waals surface area contributed by atoms with E-state index in [0.29, 0.717) is 4.73 Å². The summed E-state index contributed by atoms with van der Waals surface area (Å²) in [5.74, 6) is 0. The molecular formula is C7H5N3O3. The molecule has 0 amide bonds. The molecule has 0 saturated carbocycles. The van der Waals surface area contributed by atoms with E-state index in [4.69, 9.17) is 5.26 Å². The van der Waals surface area contributed by atoms with E-state index in [9.17, 15) is 15.3 Å². The summed E-state index contributed by atoms with van der Waals surface area (Å²) in [7, 11) is 0. The maximum absolute atomic E-state index is 11.0. The normalized spacial score (nSPS) is 9.23. The van der Waals surface area contributed by atoms with Crippen molar-refractivity contribution in [2.75, 3.05) is 0 Å². The van der Waals surface area contributed by atoms with Gasteiger partial charge in [0.2, 0.25) is 0 Å². The molecule has 6 heteroatoms. The smallest absolute Gasteiger partial charge is 0.301 e. The van der Waals surface area contributed by atoms with Crippen LogP contribution in [0.5, 0.6) is 0 Å². The molecule has 1 heterocycles. The van der Waals surface area contributed by atoms with Gasteiger partial charge in [-0.3, -0.25) is 10.1 Å². The largest absolute Gasteiger partial charge is 0.618 e. The second kappa shape index (κ2) is 3.06. The third-order valence-corrected chi connectivity index (χ3v) is 1.51. The van der Waals surface area contributed by atoms with E-state index in [1.807, 2.05) is 0 Å². The molecule has 0 radical (unpaired) electrons. The first-order valence-corrected chi connectivity index (χ1v) is 3.35. The van der Waals surface area contributed by atoms with Gasteiger partial charge in [0, 0.05) is 6.92 Å². The highest BCUT2D eigenvalue weighted by atomic mass is 16.6. The first kappa shape index (κ1) is 8.93. The highest BCUT2D eigenvalue weighted by Crippen LogP contribution is 2.11. The molecule has 0 aromatic carbocycles. The summed E-state index contributed by atoms with van der Waals surface area (Å²) in [5.41, 5.74) is -0.390. The number of aromatic nitrogens is 1. The Kier molecular flexibility index (Phi) is 2.11. The van der Waals surface area contributed by atoms with Crippen LogP contribution in [0.15, 0.2) is 12.1 Å². The lowest BCUT2D eigenvalue weighted by atomic mass is 10.3. The molecule has 1 aromatic rings. The molecule has 0 aliphatic carbocycles. The van der Waals surface area contributed by atoms with Crippen molar-refractivity contribution >= 4 is 5.69 Å². The Bertz CT molecular complexity index is 408. The van der Waals surface area contributed by atoms with Crippen LogP contribution in [0.1, 0.15) is 11.4 Å². The lowest BCUT2D eigenvalue weighted by Crippen LogP contribution is -2.34. The van der Waals surface area contributed by atoms with Gasteiger partial charge in [0.1, 0.15) is 6.07 Å². The zero-order chi connectivity index (χ0) is 10.0. The average molecular weight is 179 g/mol. The number of rotatable bonds is 1. The van der Waals surface area contributed by atoms with E-state index < -0.39 is 4.92 Å². The van der Waals surface area contributed by atoms with E-state index >= 15 is 0 Å². The van der Waals surface area contributed by atoms with Gasteiger partial charge in [-0.25, -0.2) is 0 Å². The Morgan fingerprint density at radius 2 is 2.23 bits per heavy atom. The lowest BCUT2D eigenvalue weighted by molar-refractivity contribution is -0.615. The minimum absolute atomic E-state index is 0.130. The van der Waals surface area contributed by atoms with Gasteiger partial charge in [0.05, 0.1) is 11.0 Å². The van der Waals surface area contributed by atoms with E-state index in [0.717, 1.165) is 12.1 Å². The second-order valence-corrected chi connectivity index (χ2v) is 2.40. The van der Waals surface area contributed by atoms with Crippen LogP contribution in [-0.4, -0.2) is 4.92 Å². The highest BCUT2D eigenvalue weighted by molar-refractivity contribution is 5.34. The molecule has 66 valence electrons. The van der Waals surface area contributed by atoms with Gasteiger partial charge in [-0.05, 0) is 0 Å². The Hall–Kier alpha value is -2.16. The minimum Gasteiger partial charge on any atom is -0.618 e. The standard InChI is InChI=1S/C7H5N3O3/c1-5-2-6(10(12)13)3-7(4-8)9(5)11/h2-3H,1H3. The van der Waals surface area contributed by atoms with Crippen LogP contribution in [0.4, 0.5) is 5.69 Å². The fourth-order valence-electron chi connectivity index (χ4n) is 0.886. The number of hydrogen-bond donors (Lipinski definition) is 0.